The minimum atomic E-state index is -0.314. The summed E-state index contributed by atoms with van der Waals surface area (Å²) in [6.07, 6.45) is 1.06. The molecule has 2 heterocycles. The second kappa shape index (κ2) is 11.0. The van der Waals surface area contributed by atoms with Gasteiger partial charge in [0, 0.05) is 44.1 Å². The third-order valence-corrected chi connectivity index (χ3v) is 7.51. The Morgan fingerprint density at radius 3 is 2.54 bits per heavy atom. The lowest BCUT2D eigenvalue weighted by Gasteiger charge is -2.30. The van der Waals surface area contributed by atoms with E-state index in [1.54, 1.807) is 23.9 Å². The second-order valence-electron chi connectivity index (χ2n) is 10.0. The minimum Gasteiger partial charge on any atom is -0.393 e. The van der Waals surface area contributed by atoms with Crippen LogP contribution in [0.15, 0.2) is 54.6 Å². The highest BCUT2D eigenvalue weighted by atomic mass is 19.1. The summed E-state index contributed by atoms with van der Waals surface area (Å²) < 4.78 is 20.6. The molecule has 1 aliphatic carbocycles. The third-order valence-electron chi connectivity index (χ3n) is 7.51. The van der Waals surface area contributed by atoms with Crippen LogP contribution in [0.1, 0.15) is 41.5 Å². The topological polar surface area (TPSA) is 91.7 Å². The highest BCUT2D eigenvalue weighted by Gasteiger charge is 2.36. The molecule has 0 unspecified atom stereocenters. The van der Waals surface area contributed by atoms with Crippen molar-refractivity contribution in [1.29, 1.82) is 0 Å². The van der Waals surface area contributed by atoms with Gasteiger partial charge in [0.1, 0.15) is 11.6 Å². The second-order valence-corrected chi connectivity index (χ2v) is 10.0. The van der Waals surface area contributed by atoms with Crippen LogP contribution in [0.25, 0.3) is 5.69 Å². The molecule has 9 heteroatoms. The summed E-state index contributed by atoms with van der Waals surface area (Å²) in [5, 5.41) is 20.9. The average Bonchev–Trinajstić information content (AvgIpc) is 3.42. The van der Waals surface area contributed by atoms with E-state index in [1.807, 2.05) is 37.3 Å². The maximum absolute atomic E-state index is 13.6. The van der Waals surface area contributed by atoms with Gasteiger partial charge in [0.25, 0.3) is 0 Å². The number of carbonyl (C=O) groups excluding carboxylic acids is 1. The van der Waals surface area contributed by atoms with Gasteiger partial charge in [-0.3, -0.25) is 10.2 Å². The van der Waals surface area contributed by atoms with Crippen LogP contribution in [0.5, 0.6) is 0 Å². The first kappa shape index (κ1) is 25.4. The zero-order valence-electron chi connectivity index (χ0n) is 21.2. The monoisotopic (exact) mass is 507 g/mol. The van der Waals surface area contributed by atoms with E-state index in [9.17, 15) is 14.3 Å². The molecular formula is C28H34FN5O3. The molecular weight excluding hydrogens is 473 g/mol. The number of nitrogens with zero attached hydrogens (tertiary/aromatic N) is 3. The lowest BCUT2D eigenvalue weighted by molar-refractivity contribution is 0.0729. The molecule has 37 heavy (non-hydrogen) atoms. The Morgan fingerprint density at radius 2 is 1.86 bits per heavy atom. The van der Waals surface area contributed by atoms with Crippen molar-refractivity contribution < 1.29 is 19.0 Å². The van der Waals surface area contributed by atoms with Gasteiger partial charge in [-0.1, -0.05) is 30.3 Å². The van der Waals surface area contributed by atoms with Crippen molar-refractivity contribution in [2.45, 2.75) is 43.7 Å². The van der Waals surface area contributed by atoms with E-state index in [1.165, 1.54) is 12.1 Å². The summed E-state index contributed by atoms with van der Waals surface area (Å²) in [6, 6.07) is 15.7. The van der Waals surface area contributed by atoms with Gasteiger partial charge in [-0.15, -0.1) is 0 Å². The lowest BCUT2D eigenvalue weighted by atomic mass is 9.79. The Bertz CT molecular complexity index is 1210. The van der Waals surface area contributed by atoms with Crippen LogP contribution in [-0.2, 0) is 4.74 Å². The normalized spacial score (nSPS) is 23.6. The van der Waals surface area contributed by atoms with Crippen molar-refractivity contribution >= 4 is 11.8 Å². The fourth-order valence-corrected chi connectivity index (χ4v) is 5.41. The molecule has 2 fully saturated rings. The molecule has 0 radical (unpaired) electrons. The molecule has 0 bridgehead atoms. The molecule has 2 atom stereocenters. The molecule has 1 saturated carbocycles. The van der Waals surface area contributed by atoms with Crippen molar-refractivity contribution in [2.24, 2.45) is 0 Å². The number of nitrogens with one attached hydrogen (secondary N) is 2. The Hall–Kier alpha value is -3.27. The molecule has 1 aromatic heterocycles. The van der Waals surface area contributed by atoms with E-state index in [-0.39, 0.29) is 35.8 Å². The van der Waals surface area contributed by atoms with Gasteiger partial charge < -0.3 is 15.2 Å². The van der Waals surface area contributed by atoms with Crippen LogP contribution in [-0.4, -0.2) is 71.3 Å². The quantitative estimate of drug-likeness (QED) is 0.432. The number of anilines is 1. The van der Waals surface area contributed by atoms with Gasteiger partial charge in [0.2, 0.25) is 0 Å². The van der Waals surface area contributed by atoms with Gasteiger partial charge in [-0.2, -0.15) is 5.10 Å². The zero-order valence-corrected chi connectivity index (χ0v) is 21.2. The molecule has 3 N–H and O–H groups in total. The van der Waals surface area contributed by atoms with Crippen molar-refractivity contribution in [1.82, 2.24) is 20.0 Å². The Kier molecular flexibility index (Phi) is 7.55. The molecule has 2 aromatic carbocycles. The first-order valence-electron chi connectivity index (χ1n) is 12.8. The number of hydrogen-bond acceptors (Lipinski definition) is 5. The lowest BCUT2D eigenvalue weighted by Crippen LogP contribution is -2.42. The number of urea groups is 1. The first-order valence-corrected chi connectivity index (χ1v) is 12.8. The predicted molar refractivity (Wildman–Crippen MR) is 140 cm³/mol. The fourth-order valence-electron chi connectivity index (χ4n) is 5.41. The number of hydrogen-bond donors (Lipinski definition) is 3. The highest BCUT2D eigenvalue weighted by molar-refractivity contribution is 5.90. The van der Waals surface area contributed by atoms with Crippen molar-refractivity contribution in [3.05, 3.63) is 77.2 Å². The fraction of sp³-hybridized carbons (Fsp3) is 0.429. The number of ether oxygens (including phenoxy) is 1. The standard InChI is InChI=1S/C28H34FN5O3/c1-18-26(20-14-23(35)15-20)32-34(22-6-4-3-5-7-22)27(18)31-28(36)30-25-17-33(12-13-37-2)16-24(25)19-8-10-21(29)11-9-19/h3-11,20,23-25,35H,12-17H2,1-2H3,(H2,30,31,36)/t20-,23-,24-,25+/m0/s1. The smallest absolute Gasteiger partial charge is 0.320 e. The van der Waals surface area contributed by atoms with E-state index in [4.69, 9.17) is 9.84 Å². The average molecular weight is 508 g/mol. The Labute approximate surface area is 216 Å². The minimum absolute atomic E-state index is 0.0235. The summed E-state index contributed by atoms with van der Waals surface area (Å²) >= 11 is 0. The van der Waals surface area contributed by atoms with Crippen molar-refractivity contribution in [2.75, 3.05) is 38.7 Å². The number of aliphatic hydroxyl groups excluding tert-OH is 1. The molecule has 196 valence electrons. The third kappa shape index (κ3) is 5.53. The summed E-state index contributed by atoms with van der Waals surface area (Å²) in [6.45, 7) is 4.73. The Morgan fingerprint density at radius 1 is 1.14 bits per heavy atom. The molecule has 2 amide bonds. The highest BCUT2D eigenvalue weighted by Crippen LogP contribution is 2.40. The summed E-state index contributed by atoms with van der Waals surface area (Å²) in [4.78, 5) is 15.6. The van der Waals surface area contributed by atoms with Gasteiger partial charge in [-0.05, 0) is 49.6 Å². The van der Waals surface area contributed by atoms with E-state index < -0.39 is 0 Å². The predicted octanol–water partition coefficient (Wildman–Crippen LogP) is 3.79. The molecule has 2 aliphatic rings. The largest absolute Gasteiger partial charge is 0.393 e. The zero-order chi connectivity index (χ0) is 25.9. The van der Waals surface area contributed by atoms with Crippen LogP contribution in [0, 0.1) is 12.7 Å². The molecule has 1 aliphatic heterocycles. The number of aliphatic hydroxyl groups is 1. The number of rotatable bonds is 8. The number of amides is 2. The molecule has 0 spiro atoms. The van der Waals surface area contributed by atoms with E-state index >= 15 is 0 Å². The molecule has 8 nitrogen and oxygen atoms in total. The SMILES string of the molecule is COCCN1C[C@@H](NC(=O)Nc2c(C)c([C@H]3C[C@H](O)C3)nn2-c2ccccc2)[C@H](c2ccc(F)cc2)C1. The summed E-state index contributed by atoms with van der Waals surface area (Å²) in [5.41, 5.74) is 3.64. The number of benzene rings is 2. The molecule has 1 saturated heterocycles. The van der Waals surface area contributed by atoms with Crippen LogP contribution in [0.2, 0.25) is 0 Å². The summed E-state index contributed by atoms with van der Waals surface area (Å²) in [5.74, 6) is 0.540. The molecule has 3 aromatic rings. The maximum atomic E-state index is 13.6. The number of halogens is 1. The van der Waals surface area contributed by atoms with Crippen molar-refractivity contribution in [3.63, 3.8) is 0 Å². The van der Waals surface area contributed by atoms with Gasteiger partial charge in [0.05, 0.1) is 30.1 Å². The number of likely N-dealkylation sites (tertiary alicyclic amines) is 1. The van der Waals surface area contributed by atoms with Crippen molar-refractivity contribution in [3.8, 4) is 5.69 Å². The van der Waals surface area contributed by atoms with Crippen LogP contribution < -0.4 is 10.6 Å². The van der Waals surface area contributed by atoms with Gasteiger partial charge >= 0.3 is 6.03 Å². The van der Waals surface area contributed by atoms with Gasteiger partial charge in [-0.25, -0.2) is 13.9 Å². The number of para-hydroxylation sites is 1. The number of carbonyl (C=O) groups is 1. The number of aromatic nitrogens is 2. The number of methoxy groups -OCH3 is 1. The van der Waals surface area contributed by atoms with Gasteiger partial charge in [0.15, 0.2) is 0 Å². The van der Waals surface area contributed by atoms with E-state index in [2.05, 4.69) is 15.5 Å². The first-order chi connectivity index (χ1) is 17.9. The summed E-state index contributed by atoms with van der Waals surface area (Å²) in [7, 11) is 1.67. The Balaban J connectivity index is 1.37. The van der Waals surface area contributed by atoms with Crippen LogP contribution in [0.3, 0.4) is 0 Å². The van der Waals surface area contributed by atoms with Crippen LogP contribution in [0.4, 0.5) is 15.0 Å². The maximum Gasteiger partial charge on any atom is 0.320 e. The van der Waals surface area contributed by atoms with E-state index in [0.717, 1.165) is 35.6 Å². The van der Waals surface area contributed by atoms with E-state index in [0.29, 0.717) is 31.8 Å². The molecule has 5 rings (SSSR count). The van der Waals surface area contributed by atoms with Crippen LogP contribution >= 0.6 is 0 Å².